The van der Waals surface area contributed by atoms with Crippen LogP contribution in [-0.2, 0) is 4.74 Å². The molecule has 2 amide bonds. The zero-order chi connectivity index (χ0) is 16.3. The van der Waals surface area contributed by atoms with Gasteiger partial charge in [-0.15, -0.1) is 0 Å². The van der Waals surface area contributed by atoms with Crippen molar-refractivity contribution in [1.29, 1.82) is 0 Å². The lowest BCUT2D eigenvalue weighted by molar-refractivity contribution is 0.0566. The second kappa shape index (κ2) is 6.64. The number of carbonyl (C=O) groups is 2. The lowest BCUT2D eigenvalue weighted by Crippen LogP contribution is -2.51. The highest BCUT2D eigenvalue weighted by Crippen LogP contribution is 2.15. The molecular formula is C15H20N2O5. The summed E-state index contributed by atoms with van der Waals surface area (Å²) in [6, 6.07) is 1.31. The van der Waals surface area contributed by atoms with Crippen LogP contribution in [0.15, 0.2) is 15.3 Å². The van der Waals surface area contributed by atoms with Crippen molar-refractivity contribution in [1.82, 2.24) is 9.80 Å². The molecule has 1 saturated heterocycles. The van der Waals surface area contributed by atoms with Crippen LogP contribution < -0.4 is 5.63 Å². The van der Waals surface area contributed by atoms with Gasteiger partial charge in [-0.05, 0) is 26.3 Å². The molecule has 0 spiro atoms. The molecule has 120 valence electrons. The van der Waals surface area contributed by atoms with Gasteiger partial charge in [0.2, 0.25) is 0 Å². The summed E-state index contributed by atoms with van der Waals surface area (Å²) < 4.78 is 9.95. The van der Waals surface area contributed by atoms with Crippen molar-refractivity contribution in [2.45, 2.75) is 20.8 Å². The molecule has 0 radical (unpaired) electrons. The van der Waals surface area contributed by atoms with E-state index in [4.69, 9.17) is 9.15 Å². The molecule has 1 aliphatic rings. The zero-order valence-electron chi connectivity index (χ0n) is 13.0. The summed E-state index contributed by atoms with van der Waals surface area (Å²) in [7, 11) is 0. The Morgan fingerprint density at radius 3 is 2.32 bits per heavy atom. The molecule has 1 aromatic heterocycles. The van der Waals surface area contributed by atoms with Crippen LogP contribution in [0.3, 0.4) is 0 Å². The topological polar surface area (TPSA) is 80.1 Å². The largest absolute Gasteiger partial charge is 0.450 e. The number of rotatable bonds is 2. The minimum Gasteiger partial charge on any atom is -0.450 e. The Morgan fingerprint density at radius 2 is 1.77 bits per heavy atom. The molecule has 0 unspecified atom stereocenters. The van der Waals surface area contributed by atoms with E-state index in [-0.39, 0.29) is 12.0 Å². The molecule has 1 fully saturated rings. The Bertz CT molecular complexity index is 603. The predicted molar refractivity (Wildman–Crippen MR) is 79.0 cm³/mol. The van der Waals surface area contributed by atoms with E-state index in [1.165, 1.54) is 6.07 Å². The number of hydrogen-bond donors (Lipinski definition) is 0. The minimum atomic E-state index is -0.460. The van der Waals surface area contributed by atoms with Crippen LogP contribution in [0.2, 0.25) is 0 Å². The molecule has 2 rings (SSSR count). The number of amides is 2. The zero-order valence-corrected chi connectivity index (χ0v) is 13.0. The first-order valence-corrected chi connectivity index (χ1v) is 7.26. The highest BCUT2D eigenvalue weighted by molar-refractivity contribution is 5.96. The van der Waals surface area contributed by atoms with Gasteiger partial charge in [-0.3, -0.25) is 4.79 Å². The number of aryl methyl sites for hydroxylation is 2. The van der Waals surface area contributed by atoms with E-state index in [1.807, 2.05) is 0 Å². The summed E-state index contributed by atoms with van der Waals surface area (Å²) in [5.74, 6) is 0.144. The summed E-state index contributed by atoms with van der Waals surface area (Å²) in [5.41, 5.74) is 0.564. The third kappa shape index (κ3) is 3.29. The third-order valence-corrected chi connectivity index (χ3v) is 3.64. The summed E-state index contributed by atoms with van der Waals surface area (Å²) >= 11 is 0. The maximum atomic E-state index is 12.6. The van der Waals surface area contributed by atoms with Crippen molar-refractivity contribution >= 4 is 12.0 Å². The fraction of sp³-hybridized carbons (Fsp3) is 0.533. The maximum Gasteiger partial charge on any atom is 0.409 e. The fourth-order valence-electron chi connectivity index (χ4n) is 2.54. The van der Waals surface area contributed by atoms with E-state index in [0.717, 1.165) is 0 Å². The molecule has 0 N–H and O–H groups in total. The van der Waals surface area contributed by atoms with Crippen LogP contribution >= 0.6 is 0 Å². The first kappa shape index (κ1) is 16.1. The average molecular weight is 308 g/mol. The van der Waals surface area contributed by atoms with Gasteiger partial charge >= 0.3 is 11.7 Å². The Labute approximate surface area is 128 Å². The summed E-state index contributed by atoms with van der Waals surface area (Å²) in [6.45, 7) is 7.12. The van der Waals surface area contributed by atoms with Gasteiger partial charge in [0.25, 0.3) is 5.91 Å². The van der Waals surface area contributed by atoms with Crippen LogP contribution in [0.5, 0.6) is 0 Å². The standard InChI is InChI=1S/C15H20N2O5/c1-4-21-15(20)17-7-5-16(6-8-17)14(19)13-10(2)9-12(18)22-11(13)3/h9H,4-8H2,1-3H3. The van der Waals surface area contributed by atoms with Crippen molar-refractivity contribution in [3.63, 3.8) is 0 Å². The molecule has 2 heterocycles. The Morgan fingerprint density at radius 1 is 1.18 bits per heavy atom. The van der Waals surface area contributed by atoms with Crippen molar-refractivity contribution in [3.05, 3.63) is 33.4 Å². The lowest BCUT2D eigenvalue weighted by atomic mass is 10.1. The molecule has 1 aromatic rings. The molecule has 7 nitrogen and oxygen atoms in total. The molecule has 0 saturated carbocycles. The van der Waals surface area contributed by atoms with Crippen molar-refractivity contribution in [2.24, 2.45) is 0 Å². The van der Waals surface area contributed by atoms with Gasteiger partial charge < -0.3 is 19.0 Å². The van der Waals surface area contributed by atoms with E-state index in [1.54, 1.807) is 30.6 Å². The van der Waals surface area contributed by atoms with Gasteiger partial charge in [0, 0.05) is 32.2 Å². The second-order valence-corrected chi connectivity index (χ2v) is 5.16. The molecular weight excluding hydrogens is 288 g/mol. The SMILES string of the molecule is CCOC(=O)N1CCN(C(=O)c2c(C)cc(=O)oc2C)CC1. The van der Waals surface area contributed by atoms with E-state index < -0.39 is 5.63 Å². The Kier molecular flexibility index (Phi) is 4.85. The van der Waals surface area contributed by atoms with E-state index in [0.29, 0.717) is 49.7 Å². The molecule has 22 heavy (non-hydrogen) atoms. The lowest BCUT2D eigenvalue weighted by Gasteiger charge is -2.34. The number of ether oxygens (including phenoxy) is 1. The van der Waals surface area contributed by atoms with Crippen LogP contribution in [0, 0.1) is 13.8 Å². The summed E-state index contributed by atoms with van der Waals surface area (Å²) in [6.07, 6.45) is -0.354. The molecule has 0 aromatic carbocycles. The van der Waals surface area contributed by atoms with Gasteiger partial charge in [0.1, 0.15) is 5.76 Å². The second-order valence-electron chi connectivity index (χ2n) is 5.16. The molecule has 0 aliphatic carbocycles. The van der Waals surface area contributed by atoms with Crippen molar-refractivity contribution in [2.75, 3.05) is 32.8 Å². The number of carbonyl (C=O) groups excluding carboxylic acids is 2. The first-order chi connectivity index (χ1) is 10.4. The number of hydrogen-bond acceptors (Lipinski definition) is 5. The summed E-state index contributed by atoms with van der Waals surface area (Å²) in [5, 5.41) is 0. The number of nitrogens with zero attached hydrogens (tertiary/aromatic N) is 2. The molecule has 0 atom stereocenters. The van der Waals surface area contributed by atoms with Crippen LogP contribution in [-0.4, -0.2) is 54.6 Å². The highest BCUT2D eigenvalue weighted by atomic mass is 16.6. The Hall–Kier alpha value is -2.31. The van der Waals surface area contributed by atoms with Crippen LogP contribution in [0.4, 0.5) is 4.79 Å². The van der Waals surface area contributed by atoms with E-state index in [2.05, 4.69) is 0 Å². The van der Waals surface area contributed by atoms with Crippen LogP contribution in [0.25, 0.3) is 0 Å². The smallest absolute Gasteiger partial charge is 0.409 e. The minimum absolute atomic E-state index is 0.178. The maximum absolute atomic E-state index is 12.6. The number of piperazine rings is 1. The predicted octanol–water partition coefficient (Wildman–Crippen LogP) is 1.17. The van der Waals surface area contributed by atoms with E-state index in [9.17, 15) is 14.4 Å². The molecule has 0 bridgehead atoms. The fourth-order valence-corrected chi connectivity index (χ4v) is 2.54. The molecule has 7 heteroatoms. The molecule has 1 aliphatic heterocycles. The third-order valence-electron chi connectivity index (χ3n) is 3.64. The quantitative estimate of drug-likeness (QED) is 0.819. The first-order valence-electron chi connectivity index (χ1n) is 7.26. The van der Waals surface area contributed by atoms with Gasteiger partial charge in [0.05, 0.1) is 12.2 Å². The summed E-state index contributed by atoms with van der Waals surface area (Å²) in [4.78, 5) is 38.8. The van der Waals surface area contributed by atoms with Gasteiger partial charge in [0.15, 0.2) is 0 Å². The monoisotopic (exact) mass is 308 g/mol. The van der Waals surface area contributed by atoms with Gasteiger partial charge in [-0.1, -0.05) is 0 Å². The van der Waals surface area contributed by atoms with Gasteiger partial charge in [-0.25, -0.2) is 9.59 Å². The Balaban J connectivity index is 2.07. The van der Waals surface area contributed by atoms with Gasteiger partial charge in [-0.2, -0.15) is 0 Å². The average Bonchev–Trinajstić information content (AvgIpc) is 2.46. The highest BCUT2D eigenvalue weighted by Gasteiger charge is 2.27. The van der Waals surface area contributed by atoms with Crippen molar-refractivity contribution < 1.29 is 18.7 Å². The normalized spacial score (nSPS) is 14.9. The van der Waals surface area contributed by atoms with Crippen LogP contribution in [0.1, 0.15) is 28.6 Å². The van der Waals surface area contributed by atoms with E-state index >= 15 is 0 Å². The van der Waals surface area contributed by atoms with Crippen molar-refractivity contribution in [3.8, 4) is 0 Å².